The quantitative estimate of drug-likeness (QED) is 0.724. The molecule has 21 heavy (non-hydrogen) atoms. The van der Waals surface area contributed by atoms with Crippen LogP contribution in [0.5, 0.6) is 0 Å². The number of hydrogen-bond acceptors (Lipinski definition) is 3. The molecule has 3 N–H and O–H groups in total. The van der Waals surface area contributed by atoms with Gasteiger partial charge in [-0.25, -0.2) is 9.37 Å². The Morgan fingerprint density at radius 1 is 1.14 bits per heavy atom. The zero-order chi connectivity index (χ0) is 14.8. The zero-order valence-electron chi connectivity index (χ0n) is 11.5. The van der Waals surface area contributed by atoms with E-state index >= 15 is 0 Å². The van der Waals surface area contributed by atoms with Gasteiger partial charge in [-0.3, -0.25) is 0 Å². The molecule has 0 aliphatic carbocycles. The van der Waals surface area contributed by atoms with Crippen molar-refractivity contribution in [2.45, 2.75) is 13.0 Å². The summed E-state index contributed by atoms with van der Waals surface area (Å²) in [5.41, 5.74) is 9.07. The number of nitrogens with two attached hydrogens (primary N) is 1. The van der Waals surface area contributed by atoms with Crippen LogP contribution < -0.4 is 5.73 Å². The highest BCUT2D eigenvalue weighted by Gasteiger charge is 2.13. The van der Waals surface area contributed by atoms with Gasteiger partial charge in [0, 0.05) is 18.7 Å². The fraction of sp³-hybridized carbons (Fsp3) is 0.188. The molecule has 0 atom stereocenters. The number of benzene rings is 2. The molecule has 0 unspecified atom stereocenters. The molecule has 0 bridgehead atoms. The topological polar surface area (TPSA) is 64.1 Å². The Kier molecular flexibility index (Phi) is 3.58. The van der Waals surface area contributed by atoms with E-state index in [9.17, 15) is 4.39 Å². The lowest BCUT2D eigenvalue weighted by Crippen LogP contribution is -2.02. The van der Waals surface area contributed by atoms with Crippen molar-refractivity contribution in [1.29, 1.82) is 0 Å². The first kappa shape index (κ1) is 13.6. The number of aryl methyl sites for hydroxylation is 1. The van der Waals surface area contributed by atoms with Crippen LogP contribution in [0.3, 0.4) is 0 Å². The summed E-state index contributed by atoms with van der Waals surface area (Å²) in [6.45, 7) is 0.730. The molecule has 0 radical (unpaired) electrons. The van der Waals surface area contributed by atoms with E-state index in [1.54, 1.807) is 18.2 Å². The van der Waals surface area contributed by atoms with Gasteiger partial charge in [-0.2, -0.15) is 0 Å². The van der Waals surface area contributed by atoms with Crippen molar-refractivity contribution in [2.24, 2.45) is 0 Å². The second-order valence-corrected chi connectivity index (χ2v) is 4.89. The van der Waals surface area contributed by atoms with Gasteiger partial charge in [-0.15, -0.1) is 0 Å². The van der Waals surface area contributed by atoms with E-state index < -0.39 is 0 Å². The SMILES string of the molecule is Nc1cccc2c1nc(-c1ccc(F)cc1)n2CCCO. The number of nitrogen functional groups attached to an aromatic ring is 1. The van der Waals surface area contributed by atoms with Gasteiger partial charge in [0.25, 0.3) is 0 Å². The summed E-state index contributed by atoms with van der Waals surface area (Å²) in [4.78, 5) is 4.60. The van der Waals surface area contributed by atoms with Crippen LogP contribution in [0.1, 0.15) is 6.42 Å². The first-order valence-corrected chi connectivity index (χ1v) is 6.82. The van der Waals surface area contributed by atoms with Gasteiger partial charge in [-0.05, 0) is 42.8 Å². The molecule has 4 nitrogen and oxygen atoms in total. The van der Waals surface area contributed by atoms with Gasteiger partial charge in [0.1, 0.15) is 17.2 Å². The molecule has 0 fully saturated rings. The lowest BCUT2D eigenvalue weighted by molar-refractivity contribution is 0.281. The normalized spacial score (nSPS) is 11.1. The Hall–Kier alpha value is -2.40. The zero-order valence-corrected chi connectivity index (χ0v) is 11.5. The summed E-state index contributed by atoms with van der Waals surface area (Å²) >= 11 is 0. The Morgan fingerprint density at radius 3 is 2.62 bits per heavy atom. The predicted octanol–water partition coefficient (Wildman–Crippen LogP) is 2.81. The lowest BCUT2D eigenvalue weighted by Gasteiger charge is -2.08. The molecule has 3 aromatic rings. The lowest BCUT2D eigenvalue weighted by atomic mass is 10.2. The van der Waals surface area contributed by atoms with Gasteiger partial charge in [0.05, 0.1) is 11.2 Å². The number of imidazole rings is 1. The number of nitrogens with zero attached hydrogens (tertiary/aromatic N) is 2. The van der Waals surface area contributed by atoms with Gasteiger partial charge < -0.3 is 15.4 Å². The Morgan fingerprint density at radius 2 is 1.90 bits per heavy atom. The van der Waals surface area contributed by atoms with Gasteiger partial charge in [0.2, 0.25) is 0 Å². The fourth-order valence-corrected chi connectivity index (χ4v) is 2.44. The number of para-hydroxylation sites is 1. The molecule has 0 aliphatic heterocycles. The van der Waals surface area contributed by atoms with Crippen molar-refractivity contribution in [3.63, 3.8) is 0 Å². The molecule has 2 aromatic carbocycles. The molecule has 1 heterocycles. The number of aliphatic hydroxyl groups excluding tert-OH is 1. The molecular formula is C16H16FN3O. The highest BCUT2D eigenvalue weighted by Crippen LogP contribution is 2.28. The van der Waals surface area contributed by atoms with E-state index in [0.717, 1.165) is 22.4 Å². The average molecular weight is 285 g/mol. The van der Waals surface area contributed by atoms with Crippen LogP contribution in [0.2, 0.25) is 0 Å². The standard InChI is InChI=1S/C16H16FN3O/c17-12-7-5-11(6-8-12)16-19-15-13(18)3-1-4-14(15)20(16)9-2-10-21/h1,3-8,21H,2,9-10,18H2. The molecule has 0 amide bonds. The molecule has 1 aromatic heterocycles. The van der Waals surface area contributed by atoms with Crippen LogP contribution in [0.15, 0.2) is 42.5 Å². The van der Waals surface area contributed by atoms with E-state index in [2.05, 4.69) is 4.98 Å². The predicted molar refractivity (Wildman–Crippen MR) is 81.2 cm³/mol. The fourth-order valence-electron chi connectivity index (χ4n) is 2.44. The van der Waals surface area contributed by atoms with E-state index in [-0.39, 0.29) is 12.4 Å². The second-order valence-electron chi connectivity index (χ2n) is 4.89. The van der Waals surface area contributed by atoms with Crippen molar-refractivity contribution in [1.82, 2.24) is 9.55 Å². The van der Waals surface area contributed by atoms with Crippen molar-refractivity contribution in [3.8, 4) is 11.4 Å². The van der Waals surface area contributed by atoms with E-state index in [1.165, 1.54) is 12.1 Å². The Labute approximate surface area is 121 Å². The Balaban J connectivity index is 2.20. The monoisotopic (exact) mass is 285 g/mol. The summed E-state index contributed by atoms with van der Waals surface area (Å²) in [6.07, 6.45) is 0.619. The summed E-state index contributed by atoms with van der Waals surface area (Å²) in [5, 5.41) is 9.08. The minimum atomic E-state index is -0.281. The maximum Gasteiger partial charge on any atom is 0.141 e. The molecule has 108 valence electrons. The van der Waals surface area contributed by atoms with Gasteiger partial charge >= 0.3 is 0 Å². The minimum absolute atomic E-state index is 0.102. The molecule has 5 heteroatoms. The molecule has 0 spiro atoms. The summed E-state index contributed by atoms with van der Waals surface area (Å²) < 4.78 is 15.1. The maximum atomic E-state index is 13.1. The smallest absolute Gasteiger partial charge is 0.141 e. The number of halogens is 1. The van der Waals surface area contributed by atoms with Crippen molar-refractivity contribution in [3.05, 3.63) is 48.3 Å². The number of hydrogen-bond donors (Lipinski definition) is 2. The van der Waals surface area contributed by atoms with Crippen LogP contribution in [-0.2, 0) is 6.54 Å². The van der Waals surface area contributed by atoms with Crippen LogP contribution in [0, 0.1) is 5.82 Å². The highest BCUT2D eigenvalue weighted by atomic mass is 19.1. The largest absolute Gasteiger partial charge is 0.397 e. The number of anilines is 1. The first-order valence-electron chi connectivity index (χ1n) is 6.82. The Bertz CT molecular complexity index is 765. The average Bonchev–Trinajstić information content (AvgIpc) is 2.86. The number of fused-ring (bicyclic) bond motifs is 1. The molecule has 0 saturated heterocycles. The third-order valence-corrected chi connectivity index (χ3v) is 3.45. The van der Waals surface area contributed by atoms with E-state index in [0.29, 0.717) is 18.7 Å². The molecule has 0 aliphatic rings. The number of aromatic nitrogens is 2. The third kappa shape index (κ3) is 2.48. The molecule has 3 rings (SSSR count). The third-order valence-electron chi connectivity index (χ3n) is 3.45. The second kappa shape index (κ2) is 5.54. The van der Waals surface area contributed by atoms with Crippen LogP contribution in [-0.4, -0.2) is 21.3 Å². The summed E-state index contributed by atoms with van der Waals surface area (Å²) in [6, 6.07) is 11.8. The van der Waals surface area contributed by atoms with Crippen LogP contribution in [0.25, 0.3) is 22.4 Å². The van der Waals surface area contributed by atoms with Crippen molar-refractivity contribution < 1.29 is 9.50 Å². The number of rotatable bonds is 4. The van der Waals surface area contributed by atoms with Crippen molar-refractivity contribution in [2.75, 3.05) is 12.3 Å². The van der Waals surface area contributed by atoms with Crippen LogP contribution >= 0.6 is 0 Å². The summed E-state index contributed by atoms with van der Waals surface area (Å²) in [7, 11) is 0. The van der Waals surface area contributed by atoms with E-state index in [1.807, 2.05) is 16.7 Å². The van der Waals surface area contributed by atoms with Gasteiger partial charge in [-0.1, -0.05) is 6.07 Å². The first-order chi connectivity index (χ1) is 10.2. The molecular weight excluding hydrogens is 269 g/mol. The van der Waals surface area contributed by atoms with Gasteiger partial charge in [0.15, 0.2) is 0 Å². The maximum absolute atomic E-state index is 13.1. The van der Waals surface area contributed by atoms with E-state index in [4.69, 9.17) is 10.8 Å². The summed E-state index contributed by atoms with van der Waals surface area (Å²) in [5.74, 6) is 0.452. The van der Waals surface area contributed by atoms with Crippen molar-refractivity contribution >= 4 is 16.7 Å². The minimum Gasteiger partial charge on any atom is -0.397 e. The number of aliphatic hydroxyl groups is 1. The van der Waals surface area contributed by atoms with Crippen LogP contribution in [0.4, 0.5) is 10.1 Å². The highest BCUT2D eigenvalue weighted by molar-refractivity contribution is 5.90. The molecule has 0 saturated carbocycles.